The average molecular weight is 139 g/mol. The van der Waals surface area contributed by atoms with Gasteiger partial charge in [0.25, 0.3) is 0 Å². The molecule has 0 heterocycles. The zero-order valence-corrected chi connectivity index (χ0v) is 7.05. The first kappa shape index (κ1) is 11.7. The van der Waals surface area contributed by atoms with Gasteiger partial charge in [0, 0.05) is 11.9 Å². The second-order valence-electron chi connectivity index (χ2n) is 1.24. The van der Waals surface area contributed by atoms with Crippen molar-refractivity contribution in [1.29, 1.82) is 0 Å². The first-order valence-electron chi connectivity index (χ1n) is 2.02. The fourth-order valence-electron chi connectivity index (χ4n) is 0.204. The number of hydrogen-bond acceptors (Lipinski definition) is 4. The molecule has 0 aliphatic rings. The molecule has 0 bridgehead atoms. The van der Waals surface area contributed by atoms with Crippen molar-refractivity contribution in [3.8, 4) is 0 Å². The average Bonchev–Trinajstić information content (AvgIpc) is 1.61. The molecule has 46 valence electrons. The summed E-state index contributed by atoms with van der Waals surface area (Å²) in [5.41, 5.74) is 0. The summed E-state index contributed by atoms with van der Waals surface area (Å²) in [7, 11) is 0. The van der Waals surface area contributed by atoms with Crippen molar-refractivity contribution in [3.05, 3.63) is 0 Å². The SMILES string of the molecule is O=C([O-])CCC(=O)[O-].[Na+]. The number of carbonyl (C=O) groups is 2. The Balaban J connectivity index is 0. The maximum absolute atomic E-state index is 9.50. The quantitative estimate of drug-likeness (QED) is 0.365. The van der Waals surface area contributed by atoms with Gasteiger partial charge in [-0.05, 0) is 12.8 Å². The van der Waals surface area contributed by atoms with Gasteiger partial charge < -0.3 is 19.8 Å². The molecule has 0 fully saturated rings. The Morgan fingerprint density at radius 1 is 1.00 bits per heavy atom. The predicted octanol–water partition coefficient (Wildman–Crippen LogP) is -5.73. The molecule has 0 aromatic rings. The summed E-state index contributed by atoms with van der Waals surface area (Å²) in [4.78, 5) is 19.0. The first-order valence-corrected chi connectivity index (χ1v) is 2.02. The van der Waals surface area contributed by atoms with Crippen LogP contribution in [0.2, 0.25) is 0 Å². The van der Waals surface area contributed by atoms with Gasteiger partial charge in [0.15, 0.2) is 0 Å². The van der Waals surface area contributed by atoms with Gasteiger partial charge in [0.1, 0.15) is 0 Å². The molecule has 0 atom stereocenters. The molecule has 0 rings (SSSR count). The van der Waals surface area contributed by atoms with Crippen LogP contribution in [0.1, 0.15) is 12.8 Å². The number of carbonyl (C=O) groups excluding carboxylic acids is 2. The number of carboxylic acid groups (broad SMARTS) is 2. The van der Waals surface area contributed by atoms with Gasteiger partial charge in [0.05, 0.1) is 0 Å². The summed E-state index contributed by atoms with van der Waals surface area (Å²) < 4.78 is 0. The summed E-state index contributed by atoms with van der Waals surface area (Å²) in [6, 6.07) is 0. The zero-order chi connectivity index (χ0) is 6.57. The molecule has 0 aromatic heterocycles. The third-order valence-corrected chi connectivity index (χ3v) is 0.533. The molecule has 0 N–H and O–H groups in total. The molecule has 0 saturated heterocycles. The van der Waals surface area contributed by atoms with Gasteiger partial charge in [-0.1, -0.05) is 0 Å². The van der Waals surface area contributed by atoms with Crippen molar-refractivity contribution in [3.63, 3.8) is 0 Å². The van der Waals surface area contributed by atoms with Crippen LogP contribution >= 0.6 is 0 Å². The van der Waals surface area contributed by atoms with Crippen molar-refractivity contribution in [2.45, 2.75) is 12.8 Å². The molecule has 0 spiro atoms. The van der Waals surface area contributed by atoms with E-state index >= 15 is 0 Å². The molecule has 0 unspecified atom stereocenters. The fraction of sp³-hybridized carbons (Fsp3) is 0.500. The number of rotatable bonds is 3. The molecule has 0 aliphatic carbocycles. The summed E-state index contributed by atoms with van der Waals surface area (Å²) in [5, 5.41) is 19.0. The first-order chi connectivity index (χ1) is 3.63. The van der Waals surface area contributed by atoms with Gasteiger partial charge in [-0.2, -0.15) is 0 Å². The van der Waals surface area contributed by atoms with Gasteiger partial charge >= 0.3 is 29.6 Å². The molecular formula is C4H4NaO4-. The Kier molecular flexibility index (Phi) is 7.89. The molecule has 0 aliphatic heterocycles. The van der Waals surface area contributed by atoms with Gasteiger partial charge in [0.2, 0.25) is 0 Å². The van der Waals surface area contributed by atoms with E-state index < -0.39 is 24.8 Å². The van der Waals surface area contributed by atoms with E-state index in [0.717, 1.165) is 0 Å². The topological polar surface area (TPSA) is 80.3 Å². The van der Waals surface area contributed by atoms with Crippen molar-refractivity contribution < 1.29 is 49.4 Å². The van der Waals surface area contributed by atoms with Crippen molar-refractivity contribution in [2.24, 2.45) is 0 Å². The zero-order valence-electron chi connectivity index (χ0n) is 5.05. The van der Waals surface area contributed by atoms with E-state index in [9.17, 15) is 19.8 Å². The number of carboxylic acids is 2. The van der Waals surface area contributed by atoms with Gasteiger partial charge in [-0.25, -0.2) is 0 Å². The second-order valence-corrected chi connectivity index (χ2v) is 1.24. The molecule has 0 aromatic carbocycles. The van der Waals surface area contributed by atoms with Crippen LogP contribution in [-0.2, 0) is 9.59 Å². The minimum atomic E-state index is -1.37. The summed E-state index contributed by atoms with van der Waals surface area (Å²) in [6.07, 6.45) is -0.940. The molecular weight excluding hydrogens is 135 g/mol. The molecule has 0 saturated carbocycles. The van der Waals surface area contributed by atoms with Crippen molar-refractivity contribution >= 4 is 11.9 Å². The molecule has 5 heteroatoms. The Labute approximate surface area is 74.2 Å². The molecule has 9 heavy (non-hydrogen) atoms. The van der Waals surface area contributed by atoms with E-state index in [0.29, 0.717) is 0 Å². The summed E-state index contributed by atoms with van der Waals surface area (Å²) in [6.45, 7) is 0. The van der Waals surface area contributed by atoms with Crippen LogP contribution in [0.5, 0.6) is 0 Å². The Morgan fingerprint density at radius 3 is 1.33 bits per heavy atom. The van der Waals surface area contributed by atoms with Crippen LogP contribution in [0.4, 0.5) is 0 Å². The molecule has 0 radical (unpaired) electrons. The number of aliphatic carboxylic acids is 2. The van der Waals surface area contributed by atoms with E-state index in [1.165, 1.54) is 0 Å². The third kappa shape index (κ3) is 11.5. The minimum absolute atomic E-state index is 0. The number of hydrogen-bond donors (Lipinski definition) is 0. The van der Waals surface area contributed by atoms with E-state index in [1.54, 1.807) is 0 Å². The van der Waals surface area contributed by atoms with Crippen LogP contribution in [0.15, 0.2) is 0 Å². The largest absolute Gasteiger partial charge is 1.00 e. The summed E-state index contributed by atoms with van der Waals surface area (Å²) >= 11 is 0. The van der Waals surface area contributed by atoms with Gasteiger partial charge in [-0.15, -0.1) is 0 Å². The Bertz CT molecular complexity index is 97.1. The van der Waals surface area contributed by atoms with E-state index in [4.69, 9.17) is 0 Å². The smallest absolute Gasteiger partial charge is 0.550 e. The van der Waals surface area contributed by atoms with Crippen LogP contribution in [-0.4, -0.2) is 11.9 Å². The molecule has 4 nitrogen and oxygen atoms in total. The normalized spacial score (nSPS) is 7.56. The fourth-order valence-corrected chi connectivity index (χ4v) is 0.204. The summed E-state index contributed by atoms with van der Waals surface area (Å²) in [5.74, 6) is -2.73. The second kappa shape index (κ2) is 6.07. The van der Waals surface area contributed by atoms with E-state index in [1.807, 2.05) is 0 Å². The van der Waals surface area contributed by atoms with Crippen LogP contribution in [0.3, 0.4) is 0 Å². The standard InChI is InChI=1S/C4H6O4.Na/c5-3(6)1-2-4(7)8;/h1-2H2,(H,5,6)(H,7,8);/q;+1/p-2. The van der Waals surface area contributed by atoms with Crippen LogP contribution in [0, 0.1) is 0 Å². The maximum atomic E-state index is 9.50. The van der Waals surface area contributed by atoms with Crippen molar-refractivity contribution in [2.75, 3.05) is 0 Å². The van der Waals surface area contributed by atoms with Crippen molar-refractivity contribution in [1.82, 2.24) is 0 Å². The maximum Gasteiger partial charge on any atom is 1.00 e. The van der Waals surface area contributed by atoms with Gasteiger partial charge in [-0.3, -0.25) is 0 Å². The third-order valence-electron chi connectivity index (χ3n) is 0.533. The van der Waals surface area contributed by atoms with Crippen LogP contribution in [0.25, 0.3) is 0 Å². The molecule has 0 amide bonds. The van der Waals surface area contributed by atoms with E-state index in [-0.39, 0.29) is 29.6 Å². The Morgan fingerprint density at radius 2 is 1.22 bits per heavy atom. The minimum Gasteiger partial charge on any atom is -0.550 e. The Hall–Kier alpha value is -0.0600. The van der Waals surface area contributed by atoms with E-state index in [2.05, 4.69) is 0 Å². The van der Waals surface area contributed by atoms with Crippen LogP contribution < -0.4 is 39.8 Å². The predicted molar refractivity (Wildman–Crippen MR) is 19.2 cm³/mol. The monoisotopic (exact) mass is 139 g/mol.